The van der Waals surface area contributed by atoms with E-state index >= 15 is 0 Å². The maximum atomic E-state index is 12.9. The summed E-state index contributed by atoms with van der Waals surface area (Å²) in [5.41, 5.74) is 7.29. The predicted octanol–water partition coefficient (Wildman–Crippen LogP) is 4.66. The lowest BCUT2D eigenvalue weighted by Gasteiger charge is -2.37. The summed E-state index contributed by atoms with van der Waals surface area (Å²) in [6.07, 6.45) is 3.56. The smallest absolute Gasteiger partial charge is 0.255 e. The molecule has 0 aromatic heterocycles. The van der Waals surface area contributed by atoms with E-state index in [0.29, 0.717) is 60.7 Å². The van der Waals surface area contributed by atoms with Crippen molar-refractivity contribution in [1.29, 1.82) is 0 Å². The number of piperidine rings is 4. The first-order valence-corrected chi connectivity index (χ1v) is 20.6. The number of benzene rings is 3. The number of imide groups is 2. The highest BCUT2D eigenvalue weighted by atomic mass is 35.5. The van der Waals surface area contributed by atoms with Gasteiger partial charge in [-0.25, -0.2) is 0 Å². The van der Waals surface area contributed by atoms with Crippen molar-refractivity contribution in [2.75, 3.05) is 26.2 Å². The number of nitrogens with zero attached hydrogens (tertiary/aromatic N) is 3. The van der Waals surface area contributed by atoms with Crippen molar-refractivity contribution < 1.29 is 28.8 Å². The number of likely N-dealkylation sites (tertiary alicyclic amines) is 1. The first-order chi connectivity index (χ1) is 27.5. The van der Waals surface area contributed by atoms with Crippen LogP contribution in [0.25, 0.3) is 0 Å². The lowest BCUT2D eigenvalue weighted by Crippen LogP contribution is -2.52. The third-order valence-electron chi connectivity index (χ3n) is 13.0. The van der Waals surface area contributed by atoms with Crippen molar-refractivity contribution in [3.05, 3.63) is 106 Å². The lowest BCUT2D eigenvalue weighted by atomic mass is 9.80. The molecule has 0 bridgehead atoms. The van der Waals surface area contributed by atoms with Gasteiger partial charge in [0.25, 0.3) is 11.8 Å². The molecule has 3 aromatic rings. The van der Waals surface area contributed by atoms with Gasteiger partial charge in [0.15, 0.2) is 0 Å². The van der Waals surface area contributed by atoms with Gasteiger partial charge in [-0.05, 0) is 109 Å². The Morgan fingerprint density at radius 3 is 1.67 bits per heavy atom. The summed E-state index contributed by atoms with van der Waals surface area (Å²) < 4.78 is 0. The summed E-state index contributed by atoms with van der Waals surface area (Å²) in [7, 11) is 0. The van der Waals surface area contributed by atoms with E-state index in [-0.39, 0.29) is 60.7 Å². The normalized spacial score (nSPS) is 27.2. The van der Waals surface area contributed by atoms with Crippen LogP contribution in [-0.2, 0) is 38.8 Å². The predicted molar refractivity (Wildman–Crippen MR) is 220 cm³/mol. The summed E-state index contributed by atoms with van der Waals surface area (Å²) in [5, 5.41) is 8.13. The molecular formula is C45H53ClN6O6. The van der Waals surface area contributed by atoms with E-state index in [9.17, 15) is 28.8 Å². The number of rotatable bonds is 6. The van der Waals surface area contributed by atoms with Crippen molar-refractivity contribution in [1.82, 2.24) is 30.7 Å². The topological polar surface area (TPSA) is 148 Å². The van der Waals surface area contributed by atoms with Gasteiger partial charge in [-0.3, -0.25) is 44.3 Å². The molecule has 4 saturated heterocycles. The Balaban J connectivity index is 0.000000179. The van der Waals surface area contributed by atoms with Gasteiger partial charge in [0, 0.05) is 50.1 Å². The molecule has 0 aliphatic carbocycles. The molecule has 4 fully saturated rings. The van der Waals surface area contributed by atoms with Crippen LogP contribution in [0.4, 0.5) is 0 Å². The third kappa shape index (κ3) is 8.46. The number of halogens is 1. The van der Waals surface area contributed by atoms with Crippen molar-refractivity contribution in [3.63, 3.8) is 0 Å². The standard InChI is InChI=1S/C26H29N3O3.C19H23N3O3.ClH/c1-17-14-28(15-18-5-3-2-4-6-18)12-11-21(17)19-7-8-22-20(13-19)16-29(26(22)32)23-9-10-24(30)27-25(23)31;1-11-9-20-7-6-14(11)12-2-3-15-13(8-12)10-22(19(15)25)16-4-5-17(23)21-18(16)24;/h2-8,13,17,21,23H,9-12,14-16H2,1H3,(H,27,30,31);2-3,8,11,14,16,20H,4-7,9-10H2,1H3,(H,21,23,24);1H. The van der Waals surface area contributed by atoms with Crippen molar-refractivity contribution in [2.45, 2.75) is 95.9 Å². The molecule has 0 radical (unpaired) electrons. The highest BCUT2D eigenvalue weighted by Crippen LogP contribution is 2.37. The zero-order valence-corrected chi connectivity index (χ0v) is 34.0. The van der Waals surface area contributed by atoms with Crippen LogP contribution < -0.4 is 16.0 Å². The van der Waals surface area contributed by atoms with Crippen LogP contribution in [0, 0.1) is 11.8 Å². The van der Waals surface area contributed by atoms with Gasteiger partial charge >= 0.3 is 0 Å². The number of carbonyl (C=O) groups excluding carboxylic acids is 6. The molecule has 6 aliphatic heterocycles. The van der Waals surface area contributed by atoms with Crippen LogP contribution in [-0.4, -0.2) is 88.4 Å². The Kier molecular flexibility index (Phi) is 12.5. The number of carbonyl (C=O) groups is 6. The molecule has 12 nitrogen and oxygen atoms in total. The van der Waals surface area contributed by atoms with E-state index in [1.165, 1.54) is 16.7 Å². The Labute approximate surface area is 345 Å². The van der Waals surface area contributed by atoms with E-state index in [1.54, 1.807) is 9.80 Å². The summed E-state index contributed by atoms with van der Waals surface area (Å²) in [6, 6.07) is 21.8. The van der Waals surface area contributed by atoms with Gasteiger partial charge in [-0.2, -0.15) is 0 Å². The highest BCUT2D eigenvalue weighted by molar-refractivity contribution is 6.06. The molecule has 58 heavy (non-hydrogen) atoms. The number of amides is 6. The fraction of sp³-hybridized carbons (Fsp3) is 0.467. The Bertz CT molecular complexity index is 2090. The van der Waals surface area contributed by atoms with Crippen molar-refractivity contribution >= 4 is 47.9 Å². The highest BCUT2D eigenvalue weighted by Gasteiger charge is 2.41. The number of fused-ring (bicyclic) bond motifs is 2. The number of hydrogen-bond donors (Lipinski definition) is 3. The van der Waals surface area contributed by atoms with Gasteiger partial charge in [0.05, 0.1) is 0 Å². The molecule has 6 atom stereocenters. The fourth-order valence-corrected chi connectivity index (χ4v) is 9.87. The first kappa shape index (κ1) is 41.3. The molecule has 13 heteroatoms. The van der Waals surface area contributed by atoms with Gasteiger partial charge < -0.3 is 15.1 Å². The first-order valence-electron chi connectivity index (χ1n) is 20.6. The molecule has 6 unspecified atom stereocenters. The van der Waals surface area contributed by atoms with E-state index in [1.807, 2.05) is 12.1 Å². The molecule has 6 aliphatic rings. The van der Waals surface area contributed by atoms with Crippen molar-refractivity contribution in [3.8, 4) is 0 Å². The second-order valence-corrected chi connectivity index (χ2v) is 16.8. The Morgan fingerprint density at radius 1 is 0.638 bits per heavy atom. The molecule has 3 N–H and O–H groups in total. The zero-order chi connectivity index (χ0) is 39.8. The number of nitrogens with one attached hydrogen (secondary N) is 3. The minimum absolute atomic E-state index is 0. The van der Waals surface area contributed by atoms with Gasteiger partial charge in [-0.1, -0.05) is 68.4 Å². The quantitative estimate of drug-likeness (QED) is 0.305. The molecule has 0 spiro atoms. The zero-order valence-electron chi connectivity index (χ0n) is 33.2. The monoisotopic (exact) mass is 808 g/mol. The molecule has 0 saturated carbocycles. The van der Waals surface area contributed by atoms with Crippen LogP contribution in [0.15, 0.2) is 66.7 Å². The van der Waals surface area contributed by atoms with Gasteiger partial charge in [0.1, 0.15) is 12.1 Å². The SMILES string of the molecule is CC1CN(Cc2ccccc2)CCC1c1ccc2c(c1)CN(C1CCC(=O)NC1=O)C2=O.CC1CNCCC1c1ccc2c(c1)CN(C1CCC(=O)NC1=O)C2=O.Cl. The van der Waals surface area contributed by atoms with Crippen LogP contribution in [0.1, 0.15) is 113 Å². The van der Waals surface area contributed by atoms with E-state index in [2.05, 4.69) is 89.3 Å². The third-order valence-corrected chi connectivity index (χ3v) is 13.0. The van der Waals surface area contributed by atoms with Gasteiger partial charge in [0.2, 0.25) is 23.6 Å². The lowest BCUT2D eigenvalue weighted by molar-refractivity contribution is -0.138. The summed E-state index contributed by atoms with van der Waals surface area (Å²) in [4.78, 5) is 78.6. The maximum absolute atomic E-state index is 12.9. The second kappa shape index (κ2) is 17.5. The van der Waals surface area contributed by atoms with Crippen molar-refractivity contribution in [2.24, 2.45) is 11.8 Å². The average Bonchev–Trinajstić information content (AvgIpc) is 3.70. The fourth-order valence-electron chi connectivity index (χ4n) is 9.87. The van der Waals surface area contributed by atoms with Crippen LogP contribution >= 0.6 is 12.4 Å². The van der Waals surface area contributed by atoms with E-state index in [0.717, 1.165) is 56.7 Å². The molecule has 6 heterocycles. The van der Waals surface area contributed by atoms with Crippen LogP contribution in [0.5, 0.6) is 0 Å². The summed E-state index contributed by atoms with van der Waals surface area (Å²) >= 11 is 0. The number of hydrogen-bond acceptors (Lipinski definition) is 8. The van der Waals surface area contributed by atoms with Gasteiger partial charge in [-0.15, -0.1) is 12.4 Å². The minimum atomic E-state index is -0.559. The van der Waals surface area contributed by atoms with E-state index in [4.69, 9.17) is 0 Å². The van der Waals surface area contributed by atoms with Crippen LogP contribution in [0.3, 0.4) is 0 Å². The maximum Gasteiger partial charge on any atom is 0.255 e. The molecule has 306 valence electrons. The summed E-state index contributed by atoms with van der Waals surface area (Å²) in [5.74, 6) is 0.619. The largest absolute Gasteiger partial charge is 0.322 e. The second-order valence-electron chi connectivity index (χ2n) is 16.8. The molecular weight excluding hydrogens is 756 g/mol. The molecule has 6 amide bonds. The van der Waals surface area contributed by atoms with Crippen LogP contribution in [0.2, 0.25) is 0 Å². The molecule has 9 rings (SSSR count). The minimum Gasteiger partial charge on any atom is -0.322 e. The Morgan fingerprint density at radius 2 is 1.17 bits per heavy atom. The average molecular weight is 809 g/mol. The Hall–Kier alpha value is -4.91. The summed E-state index contributed by atoms with van der Waals surface area (Å²) in [6.45, 7) is 10.6. The van der Waals surface area contributed by atoms with E-state index < -0.39 is 12.1 Å². The molecule has 3 aromatic carbocycles.